The topological polar surface area (TPSA) is 95.5 Å². The van der Waals surface area contributed by atoms with Gasteiger partial charge in [0.25, 0.3) is 16.1 Å². The lowest BCUT2D eigenvalue weighted by Gasteiger charge is -2.37. The maximum absolute atomic E-state index is 13.3. The van der Waals surface area contributed by atoms with Crippen LogP contribution in [-0.4, -0.2) is 58.6 Å². The van der Waals surface area contributed by atoms with E-state index in [9.17, 15) is 13.2 Å². The number of nitrogens with zero attached hydrogens (tertiary/aromatic N) is 4. The van der Waals surface area contributed by atoms with E-state index < -0.39 is 16.3 Å². The second-order valence-electron chi connectivity index (χ2n) is 8.24. The average Bonchev–Trinajstić information content (AvgIpc) is 2.75. The number of hydrogen-bond acceptors (Lipinski definition) is 5. The summed E-state index contributed by atoms with van der Waals surface area (Å²) < 4.78 is 29.7. The van der Waals surface area contributed by atoms with Crippen LogP contribution in [0.2, 0.25) is 0 Å². The van der Waals surface area contributed by atoms with Gasteiger partial charge in [-0.15, -0.1) is 0 Å². The van der Waals surface area contributed by atoms with Crippen molar-refractivity contribution < 1.29 is 13.2 Å². The Morgan fingerprint density at radius 2 is 1.80 bits per heavy atom. The first kappa shape index (κ1) is 23.1. The smallest absolute Gasteiger partial charge is 0.282 e. The molecule has 1 atom stereocenters. The molecule has 1 aromatic rings. The largest absolute Gasteiger partial charge is 0.349 e. The number of aromatic nitrogens is 2. The molecule has 168 valence electrons. The second kappa shape index (κ2) is 10.2. The minimum Gasteiger partial charge on any atom is -0.349 e. The first-order valence-electron chi connectivity index (χ1n) is 11.3. The number of hydrogen-bond donors (Lipinski definition) is 1. The predicted octanol–water partition coefficient (Wildman–Crippen LogP) is 2.96. The molecule has 0 radical (unpaired) electrons. The molecule has 8 nitrogen and oxygen atoms in total. The highest BCUT2D eigenvalue weighted by Crippen LogP contribution is 2.35. The molecule has 1 amide bonds. The number of piperidine rings is 1. The molecule has 1 aliphatic carbocycles. The van der Waals surface area contributed by atoms with Crippen LogP contribution in [0, 0.1) is 6.92 Å². The number of nitrogens with one attached hydrogen (secondary N) is 1. The van der Waals surface area contributed by atoms with E-state index in [0.29, 0.717) is 43.1 Å². The Labute approximate surface area is 180 Å². The van der Waals surface area contributed by atoms with Crippen molar-refractivity contribution in [1.82, 2.24) is 23.9 Å². The van der Waals surface area contributed by atoms with Crippen LogP contribution < -0.4 is 5.32 Å². The van der Waals surface area contributed by atoms with Crippen molar-refractivity contribution in [2.45, 2.75) is 84.2 Å². The fourth-order valence-electron chi connectivity index (χ4n) is 4.58. The standard InChI is InChI=1S/C21H35N5O3S/c1-4-25(5-2)30(28,29)26-14-10-9-13-19(26)20-18(15-22-16(3)23-20)21(27)24-17-11-7-6-8-12-17/h15,17,19H,4-14H2,1-3H3,(H,24,27). The highest BCUT2D eigenvalue weighted by molar-refractivity contribution is 7.86. The molecule has 1 N–H and O–H groups in total. The van der Waals surface area contributed by atoms with E-state index in [2.05, 4.69) is 15.3 Å². The molecule has 3 rings (SSSR count). The molecular weight excluding hydrogens is 402 g/mol. The monoisotopic (exact) mass is 437 g/mol. The van der Waals surface area contributed by atoms with Crippen molar-refractivity contribution in [3.8, 4) is 0 Å². The Morgan fingerprint density at radius 1 is 1.13 bits per heavy atom. The van der Waals surface area contributed by atoms with E-state index in [-0.39, 0.29) is 11.9 Å². The van der Waals surface area contributed by atoms with Gasteiger partial charge in [0.1, 0.15) is 5.82 Å². The fraction of sp³-hybridized carbons (Fsp3) is 0.762. The van der Waals surface area contributed by atoms with Crippen LogP contribution in [0.4, 0.5) is 0 Å². The molecule has 1 unspecified atom stereocenters. The van der Waals surface area contributed by atoms with Gasteiger partial charge in [0.05, 0.1) is 17.3 Å². The van der Waals surface area contributed by atoms with Gasteiger partial charge in [0, 0.05) is 31.9 Å². The van der Waals surface area contributed by atoms with Crippen molar-refractivity contribution in [2.24, 2.45) is 0 Å². The molecule has 1 saturated heterocycles. The molecular formula is C21H35N5O3S. The summed E-state index contributed by atoms with van der Waals surface area (Å²) >= 11 is 0. The van der Waals surface area contributed by atoms with Gasteiger partial charge in [-0.25, -0.2) is 9.97 Å². The summed E-state index contributed by atoms with van der Waals surface area (Å²) in [7, 11) is -3.63. The van der Waals surface area contributed by atoms with Gasteiger partial charge in [0.15, 0.2) is 0 Å². The van der Waals surface area contributed by atoms with Crippen LogP contribution in [0.15, 0.2) is 6.20 Å². The normalized spacial score (nSPS) is 21.7. The van der Waals surface area contributed by atoms with Crippen molar-refractivity contribution >= 4 is 16.1 Å². The minimum absolute atomic E-state index is 0.169. The third-order valence-electron chi connectivity index (χ3n) is 6.22. The van der Waals surface area contributed by atoms with Gasteiger partial charge in [-0.2, -0.15) is 17.0 Å². The van der Waals surface area contributed by atoms with Gasteiger partial charge in [-0.3, -0.25) is 4.79 Å². The van der Waals surface area contributed by atoms with Crippen LogP contribution >= 0.6 is 0 Å². The van der Waals surface area contributed by atoms with E-state index >= 15 is 0 Å². The highest BCUT2D eigenvalue weighted by atomic mass is 32.2. The van der Waals surface area contributed by atoms with E-state index in [1.54, 1.807) is 17.4 Å². The second-order valence-corrected chi connectivity index (χ2v) is 10.1. The van der Waals surface area contributed by atoms with Crippen molar-refractivity contribution in [3.63, 3.8) is 0 Å². The van der Waals surface area contributed by atoms with Crippen LogP contribution in [0.1, 0.15) is 93.1 Å². The first-order chi connectivity index (χ1) is 14.4. The Hall–Kier alpha value is -1.58. The zero-order valence-electron chi connectivity index (χ0n) is 18.4. The van der Waals surface area contributed by atoms with E-state index in [4.69, 9.17) is 0 Å². The lowest BCUT2D eigenvalue weighted by atomic mass is 9.94. The molecule has 0 bridgehead atoms. The molecule has 30 heavy (non-hydrogen) atoms. The summed E-state index contributed by atoms with van der Waals surface area (Å²) in [6, 6.07) is -0.277. The molecule has 1 saturated carbocycles. The Kier molecular flexibility index (Phi) is 7.81. The molecule has 0 spiro atoms. The summed E-state index contributed by atoms with van der Waals surface area (Å²) in [5.41, 5.74) is 0.934. The van der Waals surface area contributed by atoms with E-state index in [0.717, 1.165) is 38.5 Å². The summed E-state index contributed by atoms with van der Waals surface area (Å²) in [4.78, 5) is 22.0. The molecule has 9 heteroatoms. The molecule has 2 aliphatic rings. The zero-order valence-corrected chi connectivity index (χ0v) is 19.2. The zero-order chi connectivity index (χ0) is 21.7. The van der Waals surface area contributed by atoms with Gasteiger partial charge in [0.2, 0.25) is 0 Å². The summed E-state index contributed by atoms with van der Waals surface area (Å²) in [6.07, 6.45) is 9.37. The lowest BCUT2D eigenvalue weighted by Crippen LogP contribution is -2.48. The third kappa shape index (κ3) is 5.00. The molecule has 1 aliphatic heterocycles. The Bertz CT molecular complexity index is 835. The Balaban J connectivity index is 1.94. The molecule has 2 heterocycles. The average molecular weight is 438 g/mol. The highest BCUT2D eigenvalue weighted by Gasteiger charge is 2.39. The third-order valence-corrected chi connectivity index (χ3v) is 8.42. The fourth-order valence-corrected chi connectivity index (χ4v) is 6.42. The summed E-state index contributed by atoms with van der Waals surface area (Å²) in [5, 5.41) is 3.14. The van der Waals surface area contributed by atoms with Gasteiger partial charge in [-0.1, -0.05) is 39.5 Å². The molecule has 0 aromatic carbocycles. The molecule has 1 aromatic heterocycles. The van der Waals surface area contributed by atoms with E-state index in [1.807, 2.05) is 13.8 Å². The molecule has 2 fully saturated rings. The maximum atomic E-state index is 13.3. The lowest BCUT2D eigenvalue weighted by molar-refractivity contribution is 0.0922. The van der Waals surface area contributed by atoms with Crippen LogP contribution in [-0.2, 0) is 10.2 Å². The number of rotatable bonds is 7. The predicted molar refractivity (Wildman–Crippen MR) is 116 cm³/mol. The number of carbonyl (C=O) groups excluding carboxylic acids is 1. The minimum atomic E-state index is -3.63. The van der Waals surface area contributed by atoms with Crippen molar-refractivity contribution in [2.75, 3.05) is 19.6 Å². The number of amides is 1. The number of carbonyl (C=O) groups is 1. The van der Waals surface area contributed by atoms with Crippen molar-refractivity contribution in [1.29, 1.82) is 0 Å². The van der Waals surface area contributed by atoms with Gasteiger partial charge >= 0.3 is 0 Å². The van der Waals surface area contributed by atoms with Crippen LogP contribution in [0.5, 0.6) is 0 Å². The van der Waals surface area contributed by atoms with Crippen LogP contribution in [0.3, 0.4) is 0 Å². The van der Waals surface area contributed by atoms with Gasteiger partial charge in [-0.05, 0) is 32.6 Å². The van der Waals surface area contributed by atoms with Gasteiger partial charge < -0.3 is 5.32 Å². The van der Waals surface area contributed by atoms with Crippen molar-refractivity contribution in [3.05, 3.63) is 23.3 Å². The Morgan fingerprint density at radius 3 is 2.47 bits per heavy atom. The number of aryl methyl sites for hydroxylation is 1. The SMILES string of the molecule is CCN(CC)S(=O)(=O)N1CCCCC1c1nc(C)ncc1C(=O)NC1CCCCC1. The summed E-state index contributed by atoms with van der Waals surface area (Å²) in [6.45, 7) is 6.74. The summed E-state index contributed by atoms with van der Waals surface area (Å²) in [5.74, 6) is 0.354. The quantitative estimate of drug-likeness (QED) is 0.707. The van der Waals surface area contributed by atoms with Crippen LogP contribution in [0.25, 0.3) is 0 Å². The van der Waals surface area contributed by atoms with E-state index in [1.165, 1.54) is 10.7 Å². The first-order valence-corrected chi connectivity index (χ1v) is 12.7. The maximum Gasteiger partial charge on any atom is 0.282 e.